The number of halogens is 1. The van der Waals surface area contributed by atoms with E-state index < -0.39 is 0 Å². The average Bonchev–Trinajstić information content (AvgIpc) is 3.30. The molecule has 0 spiro atoms. The van der Waals surface area contributed by atoms with E-state index in [9.17, 15) is 0 Å². The van der Waals surface area contributed by atoms with Crippen LogP contribution in [0.3, 0.4) is 0 Å². The molecular formula is C19H22ClN5. The minimum atomic E-state index is 0.536. The highest BCUT2D eigenvalue weighted by atomic mass is 35.5. The molecule has 0 bridgehead atoms. The van der Waals surface area contributed by atoms with Crippen LogP contribution in [0.5, 0.6) is 0 Å². The molecule has 0 aliphatic carbocycles. The van der Waals surface area contributed by atoms with Crippen LogP contribution >= 0.6 is 11.6 Å². The smallest absolute Gasteiger partial charge is 0.112 e. The molecule has 0 N–H and O–H groups in total. The van der Waals surface area contributed by atoms with Crippen LogP contribution in [0.4, 0.5) is 0 Å². The fraction of sp³-hybridized carbons (Fsp3) is 0.368. The van der Waals surface area contributed by atoms with Crippen LogP contribution in [-0.2, 0) is 13.6 Å². The first-order valence-corrected chi connectivity index (χ1v) is 8.98. The van der Waals surface area contributed by atoms with Crippen LogP contribution in [0.2, 0.25) is 5.02 Å². The molecule has 1 atom stereocenters. The normalized spacial score (nSPS) is 18.1. The molecule has 6 heteroatoms. The fourth-order valence-corrected chi connectivity index (χ4v) is 3.67. The molecule has 0 saturated carbocycles. The van der Waals surface area contributed by atoms with E-state index in [1.807, 2.05) is 30.2 Å². The Hall–Kier alpha value is -2.11. The largest absolute Gasteiger partial charge is 0.338 e. The number of likely N-dealkylation sites (tertiary alicyclic amines) is 1. The van der Waals surface area contributed by atoms with Crippen molar-refractivity contribution in [2.45, 2.75) is 25.8 Å². The van der Waals surface area contributed by atoms with E-state index in [1.165, 1.54) is 17.8 Å². The third-order valence-electron chi connectivity index (χ3n) is 4.94. The maximum atomic E-state index is 6.09. The van der Waals surface area contributed by atoms with Crippen molar-refractivity contribution >= 4 is 11.6 Å². The Morgan fingerprint density at radius 1 is 1.24 bits per heavy atom. The summed E-state index contributed by atoms with van der Waals surface area (Å²) in [4.78, 5) is 7.01. The Labute approximate surface area is 152 Å². The van der Waals surface area contributed by atoms with Crippen molar-refractivity contribution < 1.29 is 0 Å². The number of hydrogen-bond donors (Lipinski definition) is 0. The molecule has 2 aromatic heterocycles. The van der Waals surface area contributed by atoms with Crippen LogP contribution < -0.4 is 0 Å². The number of aromatic nitrogens is 4. The van der Waals surface area contributed by atoms with Crippen molar-refractivity contribution in [1.82, 2.24) is 24.2 Å². The molecule has 25 heavy (non-hydrogen) atoms. The van der Waals surface area contributed by atoms with Crippen molar-refractivity contribution in [1.29, 1.82) is 0 Å². The maximum absolute atomic E-state index is 6.09. The van der Waals surface area contributed by atoms with Crippen molar-refractivity contribution in [3.8, 4) is 5.69 Å². The Bertz CT molecular complexity index is 845. The van der Waals surface area contributed by atoms with Gasteiger partial charge in [0.05, 0.1) is 16.4 Å². The first-order chi connectivity index (χ1) is 12.1. The van der Waals surface area contributed by atoms with Gasteiger partial charge >= 0.3 is 0 Å². The van der Waals surface area contributed by atoms with Gasteiger partial charge in [0, 0.05) is 44.6 Å². The molecule has 5 nitrogen and oxygen atoms in total. The minimum Gasteiger partial charge on any atom is -0.338 e. The quantitative estimate of drug-likeness (QED) is 0.718. The molecule has 0 radical (unpaired) electrons. The highest BCUT2D eigenvalue weighted by Crippen LogP contribution is 2.27. The zero-order valence-electron chi connectivity index (χ0n) is 14.6. The van der Waals surface area contributed by atoms with Gasteiger partial charge in [-0.3, -0.25) is 4.90 Å². The van der Waals surface area contributed by atoms with Gasteiger partial charge in [-0.2, -0.15) is 5.10 Å². The standard InChI is InChI=1S/C19H22ClN5/c1-14-18(20)13-25(22-14)17-5-3-15(4-6-17)11-24-9-7-16(12-24)19-21-8-10-23(19)2/h3-6,8,10,13,16H,7,9,11-12H2,1-2H3. The second kappa shape index (κ2) is 6.65. The highest BCUT2D eigenvalue weighted by molar-refractivity contribution is 6.31. The second-order valence-electron chi connectivity index (χ2n) is 6.79. The van der Waals surface area contributed by atoms with Gasteiger partial charge in [-0.25, -0.2) is 9.67 Å². The van der Waals surface area contributed by atoms with E-state index in [0.717, 1.165) is 31.0 Å². The summed E-state index contributed by atoms with van der Waals surface area (Å²) < 4.78 is 3.97. The SMILES string of the molecule is Cc1nn(-c2ccc(CN3CCC(c4nccn4C)C3)cc2)cc1Cl. The van der Waals surface area contributed by atoms with E-state index >= 15 is 0 Å². The summed E-state index contributed by atoms with van der Waals surface area (Å²) in [7, 11) is 2.08. The average molecular weight is 356 g/mol. The van der Waals surface area contributed by atoms with Crippen LogP contribution in [-0.4, -0.2) is 37.3 Å². The first-order valence-electron chi connectivity index (χ1n) is 8.61. The molecule has 1 saturated heterocycles. The summed E-state index contributed by atoms with van der Waals surface area (Å²) in [5, 5.41) is 5.12. The third-order valence-corrected chi connectivity index (χ3v) is 5.31. The number of imidazole rings is 1. The molecule has 3 heterocycles. The van der Waals surface area contributed by atoms with Gasteiger partial charge in [-0.1, -0.05) is 23.7 Å². The summed E-state index contributed by atoms with van der Waals surface area (Å²) in [6.07, 6.45) is 6.94. The van der Waals surface area contributed by atoms with Crippen molar-refractivity contribution in [3.05, 3.63) is 65.0 Å². The number of nitrogens with zero attached hydrogens (tertiary/aromatic N) is 5. The zero-order valence-corrected chi connectivity index (χ0v) is 15.3. The van der Waals surface area contributed by atoms with Crippen molar-refractivity contribution in [2.24, 2.45) is 7.05 Å². The summed E-state index contributed by atoms with van der Waals surface area (Å²) in [6.45, 7) is 5.08. The number of aryl methyl sites for hydroxylation is 2. The Morgan fingerprint density at radius 3 is 2.68 bits per heavy atom. The van der Waals surface area contributed by atoms with Crippen molar-refractivity contribution in [2.75, 3.05) is 13.1 Å². The van der Waals surface area contributed by atoms with Gasteiger partial charge in [0.2, 0.25) is 0 Å². The van der Waals surface area contributed by atoms with Gasteiger partial charge in [0.1, 0.15) is 5.82 Å². The maximum Gasteiger partial charge on any atom is 0.112 e. The van der Waals surface area contributed by atoms with E-state index in [2.05, 4.69) is 50.9 Å². The summed E-state index contributed by atoms with van der Waals surface area (Å²) in [5.41, 5.74) is 3.20. The van der Waals surface area contributed by atoms with Crippen LogP contribution in [0.1, 0.15) is 29.4 Å². The van der Waals surface area contributed by atoms with Gasteiger partial charge < -0.3 is 4.57 Å². The molecule has 3 aromatic rings. The van der Waals surface area contributed by atoms with Gasteiger partial charge in [0.25, 0.3) is 0 Å². The first kappa shape index (κ1) is 16.4. The lowest BCUT2D eigenvalue weighted by Gasteiger charge is -2.16. The monoisotopic (exact) mass is 355 g/mol. The topological polar surface area (TPSA) is 38.9 Å². The molecule has 130 valence electrons. The fourth-order valence-electron chi connectivity index (χ4n) is 3.54. The minimum absolute atomic E-state index is 0.536. The Kier molecular flexibility index (Phi) is 4.36. The number of rotatable bonds is 4. The Balaban J connectivity index is 1.41. The summed E-state index contributed by atoms with van der Waals surface area (Å²) in [6, 6.07) is 8.55. The van der Waals surface area contributed by atoms with E-state index in [4.69, 9.17) is 11.6 Å². The van der Waals surface area contributed by atoms with Crippen LogP contribution in [0.15, 0.2) is 42.9 Å². The van der Waals surface area contributed by atoms with Crippen molar-refractivity contribution in [3.63, 3.8) is 0 Å². The number of benzene rings is 1. The predicted molar refractivity (Wildman–Crippen MR) is 99.2 cm³/mol. The Morgan fingerprint density at radius 2 is 2.04 bits per heavy atom. The molecule has 1 fully saturated rings. The molecule has 1 aliphatic rings. The molecule has 1 unspecified atom stereocenters. The van der Waals surface area contributed by atoms with Crippen LogP contribution in [0.25, 0.3) is 5.69 Å². The predicted octanol–water partition coefficient (Wildman–Crippen LogP) is 3.56. The molecular weight excluding hydrogens is 334 g/mol. The molecule has 4 rings (SSSR count). The summed E-state index contributed by atoms with van der Waals surface area (Å²) in [5.74, 6) is 1.73. The molecule has 1 aliphatic heterocycles. The van der Waals surface area contributed by atoms with E-state index in [0.29, 0.717) is 10.9 Å². The van der Waals surface area contributed by atoms with E-state index in [-0.39, 0.29) is 0 Å². The van der Waals surface area contributed by atoms with Crippen LogP contribution in [0, 0.1) is 6.92 Å². The second-order valence-corrected chi connectivity index (χ2v) is 7.20. The van der Waals surface area contributed by atoms with Gasteiger partial charge in [-0.05, 0) is 37.6 Å². The lowest BCUT2D eigenvalue weighted by atomic mass is 10.1. The van der Waals surface area contributed by atoms with Gasteiger partial charge in [0.15, 0.2) is 0 Å². The third kappa shape index (κ3) is 3.34. The van der Waals surface area contributed by atoms with E-state index in [1.54, 1.807) is 0 Å². The highest BCUT2D eigenvalue weighted by Gasteiger charge is 2.26. The number of hydrogen-bond acceptors (Lipinski definition) is 3. The van der Waals surface area contributed by atoms with Gasteiger partial charge in [-0.15, -0.1) is 0 Å². The lowest BCUT2D eigenvalue weighted by molar-refractivity contribution is 0.325. The molecule has 1 aromatic carbocycles. The zero-order chi connectivity index (χ0) is 17.4. The molecule has 0 amide bonds. The lowest BCUT2D eigenvalue weighted by Crippen LogP contribution is -2.20. The summed E-state index contributed by atoms with van der Waals surface area (Å²) >= 11 is 6.09.